The van der Waals surface area contributed by atoms with Crippen LogP contribution in [0.5, 0.6) is 0 Å². The quantitative estimate of drug-likeness (QED) is 0.0583. The van der Waals surface area contributed by atoms with Gasteiger partial charge in [-0.25, -0.2) is 9.59 Å². The number of nitrogens with one attached hydrogen (secondary N) is 2. The molecule has 0 bridgehead atoms. The predicted molar refractivity (Wildman–Crippen MR) is 239 cm³/mol. The van der Waals surface area contributed by atoms with Crippen LogP contribution in [0.25, 0.3) is 0 Å². The van der Waals surface area contributed by atoms with Crippen molar-refractivity contribution in [3.05, 3.63) is 132 Å². The fraction of sp³-hybridized carbons (Fsp3) is 0.417. The highest BCUT2D eigenvalue weighted by Gasteiger charge is 2.50. The van der Waals surface area contributed by atoms with Gasteiger partial charge >= 0.3 is 24.1 Å². The zero-order chi connectivity index (χ0) is 45.1. The van der Waals surface area contributed by atoms with Crippen molar-refractivity contribution in [2.24, 2.45) is 0 Å². The third kappa shape index (κ3) is 17.9. The minimum absolute atomic E-state index is 0.0513. The molecule has 0 aromatic heterocycles. The van der Waals surface area contributed by atoms with Gasteiger partial charge in [0.15, 0.2) is 0 Å². The smallest absolute Gasteiger partial charge is 0.407 e. The SMILES string of the molecule is CC(C)(C)OC(=O)N[C@H](CO)CC(=O)OCc1ccccc1.CC(C)(C)OC(=O)N[C@H](CO[Si](c1ccccc1)(c1ccccc1)C(C)(C)C)CC(=O)OCc1ccccc1. The van der Waals surface area contributed by atoms with Crippen molar-refractivity contribution in [3.8, 4) is 0 Å². The number of hydrogen-bond acceptors (Lipinski definition) is 10. The largest absolute Gasteiger partial charge is 0.461 e. The fourth-order valence-electron chi connectivity index (χ4n) is 6.24. The molecule has 4 aromatic carbocycles. The number of esters is 2. The number of ether oxygens (including phenoxy) is 4. The van der Waals surface area contributed by atoms with Crippen LogP contribution in [-0.4, -0.2) is 74.0 Å². The Balaban J connectivity index is 0.000000382. The summed E-state index contributed by atoms with van der Waals surface area (Å²) in [6.07, 6.45) is -1.45. The van der Waals surface area contributed by atoms with Crippen molar-refractivity contribution in [1.82, 2.24) is 10.6 Å². The molecule has 4 aromatic rings. The Morgan fingerprint density at radius 2 is 0.885 bits per heavy atom. The maximum atomic E-state index is 12.9. The Bertz CT molecular complexity index is 1890. The number of aliphatic hydroxyl groups is 1. The summed E-state index contributed by atoms with van der Waals surface area (Å²) in [6, 6.07) is 37.9. The fourth-order valence-corrected chi connectivity index (χ4v) is 10.9. The molecule has 13 heteroatoms. The van der Waals surface area contributed by atoms with E-state index in [1.807, 2.05) is 97.1 Å². The molecule has 0 aliphatic carbocycles. The summed E-state index contributed by atoms with van der Waals surface area (Å²) in [5, 5.41) is 16.5. The van der Waals surface area contributed by atoms with Gasteiger partial charge in [0.25, 0.3) is 8.32 Å². The standard InChI is InChI=1S/C32H41NO5Si.C16H23NO5/c1-31(2,3)38-30(35)33-26(22-29(34)36-23-25-16-10-7-11-17-25)24-37-39(32(4,5)6,27-18-12-8-13-19-27)28-20-14-9-15-21-28;1-16(2,3)22-15(20)17-13(10-18)9-14(19)21-11-12-7-5-4-6-8-12/h7-21,26H,22-24H2,1-6H3,(H,33,35);4-8,13,18H,9-11H2,1-3H3,(H,17,20)/t26-;13-/m00/s1. The topological polar surface area (TPSA) is 159 Å². The van der Waals surface area contributed by atoms with E-state index in [4.69, 9.17) is 23.4 Å². The highest BCUT2D eigenvalue weighted by atomic mass is 28.4. The molecule has 0 aliphatic rings. The number of benzene rings is 4. The number of hydrogen-bond donors (Lipinski definition) is 3. The summed E-state index contributed by atoms with van der Waals surface area (Å²) in [5.74, 6) is -0.926. The second kappa shape index (κ2) is 23.5. The molecule has 0 aliphatic heterocycles. The lowest BCUT2D eigenvalue weighted by atomic mass is 10.2. The van der Waals surface area contributed by atoms with Crippen molar-refractivity contribution in [2.75, 3.05) is 13.2 Å². The van der Waals surface area contributed by atoms with Crippen LogP contribution in [0.2, 0.25) is 5.04 Å². The van der Waals surface area contributed by atoms with Crippen LogP contribution < -0.4 is 21.0 Å². The molecule has 0 saturated heterocycles. The van der Waals surface area contributed by atoms with E-state index >= 15 is 0 Å². The number of carbonyl (C=O) groups excluding carboxylic acids is 4. The van der Waals surface area contributed by atoms with Gasteiger partial charge in [0.1, 0.15) is 24.4 Å². The van der Waals surface area contributed by atoms with Crippen LogP contribution in [0.1, 0.15) is 86.3 Å². The van der Waals surface area contributed by atoms with E-state index in [2.05, 4.69) is 55.7 Å². The minimum atomic E-state index is -2.88. The molecule has 2 amide bonds. The van der Waals surface area contributed by atoms with Crippen molar-refractivity contribution in [3.63, 3.8) is 0 Å². The lowest BCUT2D eigenvalue weighted by Crippen LogP contribution is -2.67. The van der Waals surface area contributed by atoms with Gasteiger partial charge in [-0.05, 0) is 68.1 Å². The molecule has 12 nitrogen and oxygen atoms in total. The summed E-state index contributed by atoms with van der Waals surface area (Å²) in [6.45, 7) is 17.2. The lowest BCUT2D eigenvalue weighted by molar-refractivity contribution is -0.146. The Kier molecular flexibility index (Phi) is 19.2. The van der Waals surface area contributed by atoms with E-state index in [0.717, 1.165) is 21.5 Å². The predicted octanol–water partition coefficient (Wildman–Crippen LogP) is 7.60. The van der Waals surface area contributed by atoms with Crippen LogP contribution in [0.4, 0.5) is 9.59 Å². The summed E-state index contributed by atoms with van der Waals surface area (Å²) >= 11 is 0. The number of rotatable bonds is 16. The third-order valence-electron chi connectivity index (χ3n) is 8.89. The van der Waals surface area contributed by atoms with Crippen LogP contribution in [-0.2, 0) is 46.2 Å². The Labute approximate surface area is 362 Å². The van der Waals surface area contributed by atoms with Crippen molar-refractivity contribution in [1.29, 1.82) is 0 Å². The molecule has 0 spiro atoms. The first-order valence-electron chi connectivity index (χ1n) is 20.4. The molecular formula is C48H64N2O10Si. The van der Waals surface area contributed by atoms with E-state index in [0.29, 0.717) is 0 Å². The van der Waals surface area contributed by atoms with Gasteiger partial charge in [-0.3, -0.25) is 9.59 Å². The van der Waals surface area contributed by atoms with Gasteiger partial charge in [-0.1, -0.05) is 142 Å². The van der Waals surface area contributed by atoms with E-state index < -0.39 is 55.7 Å². The van der Waals surface area contributed by atoms with E-state index in [9.17, 15) is 24.3 Å². The van der Waals surface area contributed by atoms with E-state index in [1.165, 1.54) is 0 Å². The second-order valence-electron chi connectivity index (χ2n) is 17.5. The summed E-state index contributed by atoms with van der Waals surface area (Å²) in [4.78, 5) is 49.0. The van der Waals surface area contributed by atoms with Crippen molar-refractivity contribution < 1.29 is 47.7 Å². The summed E-state index contributed by atoms with van der Waals surface area (Å²) in [7, 11) is -2.88. The molecule has 61 heavy (non-hydrogen) atoms. The van der Waals surface area contributed by atoms with Crippen LogP contribution in [0.3, 0.4) is 0 Å². The first-order chi connectivity index (χ1) is 28.7. The molecule has 0 saturated carbocycles. The average Bonchev–Trinajstić information content (AvgIpc) is 3.19. The highest BCUT2D eigenvalue weighted by Crippen LogP contribution is 2.37. The number of carbonyl (C=O) groups is 4. The van der Waals surface area contributed by atoms with Gasteiger partial charge < -0.3 is 39.1 Å². The molecule has 3 N–H and O–H groups in total. The summed E-state index contributed by atoms with van der Waals surface area (Å²) in [5.41, 5.74) is 0.446. The highest BCUT2D eigenvalue weighted by molar-refractivity contribution is 6.99. The zero-order valence-electron chi connectivity index (χ0n) is 37.1. The Morgan fingerprint density at radius 3 is 1.23 bits per heavy atom. The van der Waals surface area contributed by atoms with Crippen LogP contribution in [0, 0.1) is 0 Å². The molecule has 2 atom stereocenters. The average molecular weight is 857 g/mol. The molecule has 0 fully saturated rings. The molecular weight excluding hydrogens is 793 g/mol. The lowest BCUT2D eigenvalue weighted by Gasteiger charge is -2.43. The van der Waals surface area contributed by atoms with Gasteiger partial charge in [0.2, 0.25) is 0 Å². The number of amides is 2. The number of alkyl carbamates (subject to hydrolysis) is 2. The maximum absolute atomic E-state index is 12.9. The van der Waals surface area contributed by atoms with E-state index in [1.54, 1.807) is 41.5 Å². The monoisotopic (exact) mass is 856 g/mol. The first kappa shape index (κ1) is 49.9. The Morgan fingerprint density at radius 1 is 0.541 bits per heavy atom. The van der Waals surface area contributed by atoms with Gasteiger partial charge in [0.05, 0.1) is 38.1 Å². The van der Waals surface area contributed by atoms with Gasteiger partial charge in [-0.2, -0.15) is 0 Å². The van der Waals surface area contributed by atoms with Crippen molar-refractivity contribution >= 4 is 42.8 Å². The third-order valence-corrected chi connectivity index (χ3v) is 13.9. The summed E-state index contributed by atoms with van der Waals surface area (Å²) < 4.78 is 28.2. The van der Waals surface area contributed by atoms with Crippen LogP contribution in [0.15, 0.2) is 121 Å². The molecule has 0 unspecified atom stereocenters. The molecule has 4 rings (SSSR count). The Hall–Kier alpha value is -5.50. The molecule has 0 heterocycles. The number of aliphatic hydroxyl groups excluding tert-OH is 1. The zero-order valence-corrected chi connectivity index (χ0v) is 38.1. The second-order valence-corrected chi connectivity index (χ2v) is 21.8. The van der Waals surface area contributed by atoms with Gasteiger partial charge in [-0.15, -0.1) is 0 Å². The molecule has 0 radical (unpaired) electrons. The molecule has 330 valence electrons. The van der Waals surface area contributed by atoms with E-state index in [-0.39, 0.29) is 44.3 Å². The van der Waals surface area contributed by atoms with Gasteiger partial charge in [0, 0.05) is 0 Å². The van der Waals surface area contributed by atoms with Crippen LogP contribution >= 0.6 is 0 Å². The first-order valence-corrected chi connectivity index (χ1v) is 22.4. The maximum Gasteiger partial charge on any atom is 0.407 e. The minimum Gasteiger partial charge on any atom is -0.461 e. The normalized spacial score (nSPS) is 12.7. The van der Waals surface area contributed by atoms with Crippen molar-refractivity contribution in [2.45, 2.75) is 117 Å².